The van der Waals surface area contributed by atoms with E-state index in [1.165, 1.54) is 43.1 Å². The molecule has 0 saturated heterocycles. The summed E-state index contributed by atoms with van der Waals surface area (Å²) in [6, 6.07) is 16.6. The molecule has 1 fully saturated rings. The zero-order valence-corrected chi connectivity index (χ0v) is 17.3. The predicted molar refractivity (Wildman–Crippen MR) is 111 cm³/mol. The molecule has 146 valence electrons. The Morgan fingerprint density at radius 3 is 2.52 bits per heavy atom. The van der Waals surface area contributed by atoms with Gasteiger partial charge < -0.3 is 4.74 Å². The molecule has 1 saturated carbocycles. The molecule has 1 aliphatic rings. The summed E-state index contributed by atoms with van der Waals surface area (Å²) >= 11 is 0. The minimum absolute atomic E-state index is 0.124. The van der Waals surface area contributed by atoms with Crippen molar-refractivity contribution in [3.05, 3.63) is 65.2 Å². The monoisotopic (exact) mass is 386 g/mol. The van der Waals surface area contributed by atoms with Crippen LogP contribution in [0.15, 0.2) is 48.5 Å². The molecule has 0 N–H and O–H groups in total. The van der Waals surface area contributed by atoms with Gasteiger partial charge in [0.25, 0.3) is 0 Å². The van der Waals surface area contributed by atoms with Crippen LogP contribution >= 0.6 is 0 Å². The lowest BCUT2D eigenvalue weighted by Gasteiger charge is -2.18. The molecule has 3 nitrogen and oxygen atoms in total. The van der Waals surface area contributed by atoms with Gasteiger partial charge in [0.15, 0.2) is 9.84 Å². The molecule has 2 aromatic rings. The van der Waals surface area contributed by atoms with Crippen LogP contribution in [-0.4, -0.2) is 21.8 Å². The first-order chi connectivity index (χ1) is 12.8. The number of sulfone groups is 1. The molecule has 0 radical (unpaired) electrons. The largest absolute Gasteiger partial charge is 0.497 e. The van der Waals surface area contributed by atoms with Crippen molar-refractivity contribution in [1.29, 1.82) is 0 Å². The summed E-state index contributed by atoms with van der Waals surface area (Å²) in [5.74, 6) is 2.92. The van der Waals surface area contributed by atoms with E-state index in [-0.39, 0.29) is 5.75 Å². The van der Waals surface area contributed by atoms with Crippen LogP contribution in [0.1, 0.15) is 61.1 Å². The quantitative estimate of drug-likeness (QED) is 0.647. The molecule has 0 aliphatic heterocycles. The van der Waals surface area contributed by atoms with Gasteiger partial charge >= 0.3 is 0 Å². The Hall–Kier alpha value is -1.81. The number of hydrogen-bond donors (Lipinski definition) is 0. The van der Waals surface area contributed by atoms with Crippen molar-refractivity contribution in [1.82, 2.24) is 0 Å². The molecule has 3 atom stereocenters. The fourth-order valence-electron chi connectivity index (χ4n) is 4.36. The number of methoxy groups -OCH3 is 1. The molecule has 0 heterocycles. The van der Waals surface area contributed by atoms with E-state index >= 15 is 0 Å². The van der Waals surface area contributed by atoms with Gasteiger partial charge in [-0.25, -0.2) is 8.42 Å². The van der Waals surface area contributed by atoms with E-state index < -0.39 is 9.84 Å². The van der Waals surface area contributed by atoms with Gasteiger partial charge in [0.1, 0.15) is 5.75 Å². The lowest BCUT2D eigenvalue weighted by Crippen LogP contribution is -2.03. The van der Waals surface area contributed by atoms with Gasteiger partial charge in [0.05, 0.1) is 12.9 Å². The third-order valence-corrected chi connectivity index (χ3v) is 6.63. The Labute approximate surface area is 163 Å². The van der Waals surface area contributed by atoms with Crippen molar-refractivity contribution in [3.8, 4) is 5.75 Å². The summed E-state index contributed by atoms with van der Waals surface area (Å²) in [5, 5.41) is 0. The van der Waals surface area contributed by atoms with Crippen LogP contribution in [0.3, 0.4) is 0 Å². The van der Waals surface area contributed by atoms with Gasteiger partial charge in [-0.15, -0.1) is 0 Å². The second kappa shape index (κ2) is 8.47. The smallest absolute Gasteiger partial charge is 0.151 e. The van der Waals surface area contributed by atoms with Crippen LogP contribution in [0.5, 0.6) is 5.75 Å². The highest BCUT2D eigenvalue weighted by Gasteiger charge is 2.27. The van der Waals surface area contributed by atoms with Gasteiger partial charge in [-0.05, 0) is 72.3 Å². The fourth-order valence-corrected chi connectivity index (χ4v) is 5.16. The maximum Gasteiger partial charge on any atom is 0.151 e. The topological polar surface area (TPSA) is 43.4 Å². The van der Waals surface area contributed by atoms with E-state index in [2.05, 4.69) is 37.3 Å². The van der Waals surface area contributed by atoms with Crippen molar-refractivity contribution in [2.45, 2.75) is 50.2 Å². The fraction of sp³-hybridized carbons (Fsp3) is 0.478. The van der Waals surface area contributed by atoms with E-state index in [0.717, 1.165) is 17.2 Å². The SMILES string of the molecule is COc1cccc([C@@H](C)CC2CCC(c3ccc(CS(C)(=O)=O)cc3)C2)c1. The highest BCUT2D eigenvalue weighted by atomic mass is 32.2. The van der Waals surface area contributed by atoms with Gasteiger partial charge in [0, 0.05) is 6.26 Å². The van der Waals surface area contributed by atoms with Gasteiger partial charge in [-0.1, -0.05) is 43.3 Å². The molecule has 1 aliphatic carbocycles. The standard InChI is InChI=1S/C23H30O3S/c1-17(21-5-4-6-23(15-21)26-2)13-19-9-12-22(14-19)20-10-7-18(8-11-20)16-27(3,24)25/h4-8,10-11,15,17,19,22H,9,12-14,16H2,1-3H3/t17-,19?,22?/m0/s1. The molecular weight excluding hydrogens is 356 g/mol. The average Bonchev–Trinajstić information content (AvgIpc) is 3.09. The highest BCUT2D eigenvalue weighted by Crippen LogP contribution is 2.42. The summed E-state index contributed by atoms with van der Waals surface area (Å²) in [4.78, 5) is 0. The molecule has 0 aromatic heterocycles. The Balaban J connectivity index is 1.58. The van der Waals surface area contributed by atoms with Crippen molar-refractivity contribution in [2.75, 3.05) is 13.4 Å². The molecule has 2 aromatic carbocycles. The first kappa shape index (κ1) is 19.9. The summed E-state index contributed by atoms with van der Waals surface area (Å²) in [6.45, 7) is 2.31. The number of rotatable bonds is 7. The summed E-state index contributed by atoms with van der Waals surface area (Å²) in [6.07, 6.45) is 6.20. The summed E-state index contributed by atoms with van der Waals surface area (Å²) in [5.41, 5.74) is 3.58. The first-order valence-electron chi connectivity index (χ1n) is 9.74. The number of ether oxygens (including phenoxy) is 1. The van der Waals surface area contributed by atoms with E-state index in [1.807, 2.05) is 18.2 Å². The van der Waals surface area contributed by atoms with Gasteiger partial charge in [0.2, 0.25) is 0 Å². The zero-order valence-electron chi connectivity index (χ0n) is 16.5. The zero-order chi connectivity index (χ0) is 19.4. The molecule has 3 rings (SSSR count). The van der Waals surface area contributed by atoms with Crippen LogP contribution in [-0.2, 0) is 15.6 Å². The maximum atomic E-state index is 11.4. The predicted octanol–water partition coefficient (Wildman–Crippen LogP) is 5.32. The van der Waals surface area contributed by atoms with Crippen molar-refractivity contribution < 1.29 is 13.2 Å². The molecular formula is C23H30O3S. The van der Waals surface area contributed by atoms with Gasteiger partial charge in [-0.3, -0.25) is 0 Å². The van der Waals surface area contributed by atoms with Crippen LogP contribution in [0.4, 0.5) is 0 Å². The second-order valence-corrected chi connectivity index (χ2v) is 10.2. The summed E-state index contributed by atoms with van der Waals surface area (Å²) < 4.78 is 28.2. The highest BCUT2D eigenvalue weighted by molar-refractivity contribution is 7.89. The van der Waals surface area contributed by atoms with Crippen LogP contribution in [0.2, 0.25) is 0 Å². The normalized spacial score (nSPS) is 21.1. The third-order valence-electron chi connectivity index (χ3n) is 5.77. The van der Waals surface area contributed by atoms with Crippen LogP contribution in [0, 0.1) is 5.92 Å². The van der Waals surface area contributed by atoms with Crippen LogP contribution < -0.4 is 4.74 Å². The Morgan fingerprint density at radius 1 is 1.11 bits per heavy atom. The molecule has 0 spiro atoms. The van der Waals surface area contributed by atoms with E-state index in [4.69, 9.17) is 4.74 Å². The molecule has 4 heteroatoms. The molecule has 2 unspecified atom stereocenters. The lowest BCUT2D eigenvalue weighted by molar-refractivity contribution is 0.412. The van der Waals surface area contributed by atoms with Crippen molar-refractivity contribution >= 4 is 9.84 Å². The molecule has 0 bridgehead atoms. The Bertz CT molecular complexity index is 855. The number of hydrogen-bond acceptors (Lipinski definition) is 3. The van der Waals surface area contributed by atoms with Crippen molar-refractivity contribution in [2.24, 2.45) is 5.92 Å². The van der Waals surface area contributed by atoms with Crippen molar-refractivity contribution in [3.63, 3.8) is 0 Å². The molecule has 0 amide bonds. The van der Waals surface area contributed by atoms with E-state index in [9.17, 15) is 8.42 Å². The second-order valence-electron chi connectivity index (χ2n) is 8.10. The maximum absolute atomic E-state index is 11.4. The van der Waals surface area contributed by atoms with Crippen LogP contribution in [0.25, 0.3) is 0 Å². The summed E-state index contributed by atoms with van der Waals surface area (Å²) in [7, 11) is -1.26. The Morgan fingerprint density at radius 2 is 1.85 bits per heavy atom. The van der Waals surface area contributed by atoms with E-state index in [1.54, 1.807) is 7.11 Å². The third kappa shape index (κ3) is 5.58. The first-order valence-corrected chi connectivity index (χ1v) is 11.8. The minimum atomic E-state index is -2.97. The van der Waals surface area contributed by atoms with E-state index in [0.29, 0.717) is 11.8 Å². The average molecular weight is 387 g/mol. The Kier molecular flexibility index (Phi) is 6.25. The van der Waals surface area contributed by atoms with Gasteiger partial charge in [-0.2, -0.15) is 0 Å². The lowest BCUT2D eigenvalue weighted by atomic mass is 9.88. The number of benzene rings is 2. The minimum Gasteiger partial charge on any atom is -0.497 e. The molecule has 27 heavy (non-hydrogen) atoms.